The third-order valence-electron chi connectivity index (χ3n) is 5.26. The van der Waals surface area contributed by atoms with E-state index in [2.05, 4.69) is 5.10 Å². The Morgan fingerprint density at radius 2 is 1.96 bits per heavy atom. The lowest BCUT2D eigenvalue weighted by atomic mass is 9.89. The Kier molecular flexibility index (Phi) is 4.90. The van der Waals surface area contributed by atoms with Gasteiger partial charge >= 0.3 is 0 Å². The third-order valence-corrected chi connectivity index (χ3v) is 5.26. The number of aromatic nitrogens is 2. The van der Waals surface area contributed by atoms with Crippen LogP contribution in [0.3, 0.4) is 0 Å². The highest BCUT2D eigenvalue weighted by Crippen LogP contribution is 2.33. The van der Waals surface area contributed by atoms with Crippen LogP contribution < -0.4 is 0 Å². The van der Waals surface area contributed by atoms with Crippen molar-refractivity contribution in [1.29, 1.82) is 0 Å². The van der Waals surface area contributed by atoms with Crippen LogP contribution in [0.15, 0.2) is 36.5 Å². The van der Waals surface area contributed by atoms with E-state index in [1.54, 1.807) is 36.2 Å². The molecule has 0 radical (unpaired) electrons. The molecule has 2 heterocycles. The van der Waals surface area contributed by atoms with Crippen molar-refractivity contribution in [3.05, 3.63) is 53.6 Å². The zero-order valence-corrected chi connectivity index (χ0v) is 14.9. The van der Waals surface area contributed by atoms with Crippen LogP contribution >= 0.6 is 0 Å². The Labute approximate surface area is 147 Å². The van der Waals surface area contributed by atoms with Gasteiger partial charge in [0, 0.05) is 50.6 Å². The molecule has 3 rings (SSSR count). The Bertz CT molecular complexity index is 753. The van der Waals surface area contributed by atoms with Crippen LogP contribution in [-0.2, 0) is 22.2 Å². The number of likely N-dealkylation sites (tertiary alicyclic amines) is 1. The van der Waals surface area contributed by atoms with Crippen LogP contribution in [0.2, 0.25) is 0 Å². The summed E-state index contributed by atoms with van der Waals surface area (Å²) in [6, 6.07) is 8.32. The number of hydrogen-bond acceptors (Lipinski definition) is 3. The van der Waals surface area contributed by atoms with Crippen LogP contribution in [0.5, 0.6) is 0 Å². The molecular weight excluding hydrogens is 321 g/mol. The van der Waals surface area contributed by atoms with Crippen molar-refractivity contribution in [2.24, 2.45) is 7.05 Å². The van der Waals surface area contributed by atoms with Gasteiger partial charge in [0.2, 0.25) is 0 Å². The van der Waals surface area contributed by atoms with E-state index in [1.165, 1.54) is 18.9 Å². The van der Waals surface area contributed by atoms with E-state index >= 15 is 0 Å². The molecule has 1 atom stereocenters. The number of ether oxygens (including phenoxy) is 1. The van der Waals surface area contributed by atoms with Crippen molar-refractivity contribution < 1.29 is 13.9 Å². The number of hydrogen-bond donors (Lipinski definition) is 0. The maximum absolute atomic E-state index is 14.2. The summed E-state index contributed by atoms with van der Waals surface area (Å²) in [7, 11) is 3.39. The molecule has 1 aromatic carbocycles. The second-order valence-corrected chi connectivity index (χ2v) is 6.66. The number of methoxy groups -OCH3 is 1. The minimum atomic E-state index is -1.31. The lowest BCUT2D eigenvalue weighted by Gasteiger charge is -2.38. The van der Waals surface area contributed by atoms with Crippen molar-refractivity contribution in [2.45, 2.75) is 31.3 Å². The van der Waals surface area contributed by atoms with Crippen LogP contribution in [0.4, 0.5) is 4.39 Å². The minimum absolute atomic E-state index is 0.191. The van der Waals surface area contributed by atoms with Crippen LogP contribution in [-0.4, -0.2) is 40.8 Å². The highest BCUT2D eigenvalue weighted by molar-refractivity contribution is 5.86. The molecule has 1 amide bonds. The van der Waals surface area contributed by atoms with Gasteiger partial charge in [0.15, 0.2) is 5.60 Å². The van der Waals surface area contributed by atoms with Crippen molar-refractivity contribution in [3.8, 4) is 0 Å². The lowest BCUT2D eigenvalue weighted by molar-refractivity contribution is -0.155. The summed E-state index contributed by atoms with van der Waals surface area (Å²) in [5, 5.41) is 4.22. The molecule has 0 aliphatic carbocycles. The van der Waals surface area contributed by atoms with Crippen molar-refractivity contribution in [2.75, 3.05) is 20.2 Å². The SMILES string of the molecule is COC(C)(C(=O)N1CCC(c2ccnn2C)CC1)c1ccccc1F. The van der Waals surface area contributed by atoms with Crippen molar-refractivity contribution >= 4 is 5.91 Å². The van der Waals surface area contributed by atoms with Gasteiger partial charge in [0.05, 0.1) is 0 Å². The fourth-order valence-corrected chi connectivity index (χ4v) is 3.63. The second kappa shape index (κ2) is 6.96. The number of halogens is 1. The van der Waals surface area contributed by atoms with E-state index in [-0.39, 0.29) is 11.5 Å². The van der Waals surface area contributed by atoms with Gasteiger partial charge in [-0.1, -0.05) is 18.2 Å². The first kappa shape index (κ1) is 17.6. The number of carbonyl (C=O) groups excluding carboxylic acids is 1. The standard InChI is InChI=1S/C19H24FN3O2/c1-19(25-3,15-6-4-5-7-16(15)20)18(24)23-12-9-14(10-13-23)17-8-11-21-22(17)2/h4-8,11,14H,9-10,12-13H2,1-3H3. The first-order valence-corrected chi connectivity index (χ1v) is 8.55. The third kappa shape index (κ3) is 3.18. The molecule has 1 aromatic heterocycles. The number of rotatable bonds is 4. The number of amides is 1. The summed E-state index contributed by atoms with van der Waals surface area (Å²) in [5.74, 6) is -0.229. The molecule has 6 heteroatoms. The second-order valence-electron chi connectivity index (χ2n) is 6.66. The zero-order chi connectivity index (χ0) is 18.0. The monoisotopic (exact) mass is 345 g/mol. The fraction of sp³-hybridized carbons (Fsp3) is 0.474. The fourth-order valence-electron chi connectivity index (χ4n) is 3.63. The van der Waals surface area contributed by atoms with Crippen LogP contribution in [0.1, 0.15) is 36.9 Å². The maximum Gasteiger partial charge on any atom is 0.259 e. The average Bonchev–Trinajstić information content (AvgIpc) is 3.07. The topological polar surface area (TPSA) is 47.4 Å². The number of aryl methyl sites for hydroxylation is 1. The van der Waals surface area contributed by atoms with Crippen molar-refractivity contribution in [3.63, 3.8) is 0 Å². The van der Waals surface area contributed by atoms with E-state index in [0.717, 1.165) is 12.8 Å². The largest absolute Gasteiger partial charge is 0.364 e. The number of nitrogens with zero attached hydrogens (tertiary/aromatic N) is 3. The summed E-state index contributed by atoms with van der Waals surface area (Å²) in [5.41, 5.74) is 0.150. The van der Waals surface area contributed by atoms with Gasteiger partial charge in [0.25, 0.3) is 5.91 Å². The molecule has 0 spiro atoms. The Morgan fingerprint density at radius 1 is 1.28 bits per heavy atom. The quantitative estimate of drug-likeness (QED) is 0.856. The first-order chi connectivity index (χ1) is 12.0. The van der Waals surface area contributed by atoms with Gasteiger partial charge < -0.3 is 9.64 Å². The Hall–Kier alpha value is -2.21. The first-order valence-electron chi connectivity index (χ1n) is 8.55. The van der Waals surface area contributed by atoms with Crippen LogP contribution in [0.25, 0.3) is 0 Å². The molecule has 1 saturated heterocycles. The normalized spacial score (nSPS) is 18.2. The summed E-state index contributed by atoms with van der Waals surface area (Å²) < 4.78 is 21.6. The number of benzene rings is 1. The Balaban J connectivity index is 1.75. The summed E-state index contributed by atoms with van der Waals surface area (Å²) >= 11 is 0. The molecule has 5 nitrogen and oxygen atoms in total. The molecule has 1 fully saturated rings. The lowest BCUT2D eigenvalue weighted by Crippen LogP contribution is -2.49. The maximum atomic E-state index is 14.2. The van der Waals surface area contributed by atoms with E-state index in [4.69, 9.17) is 4.74 Å². The smallest absolute Gasteiger partial charge is 0.259 e. The predicted molar refractivity (Wildman–Crippen MR) is 92.5 cm³/mol. The molecule has 1 unspecified atom stereocenters. The Morgan fingerprint density at radius 3 is 2.52 bits per heavy atom. The molecular formula is C19H24FN3O2. The molecule has 0 N–H and O–H groups in total. The zero-order valence-electron chi connectivity index (χ0n) is 14.9. The predicted octanol–water partition coefficient (Wildman–Crippen LogP) is 2.83. The van der Waals surface area contributed by atoms with E-state index in [0.29, 0.717) is 19.0 Å². The average molecular weight is 345 g/mol. The molecule has 0 bridgehead atoms. The van der Waals surface area contributed by atoms with Gasteiger partial charge in [-0.2, -0.15) is 5.10 Å². The molecule has 134 valence electrons. The van der Waals surface area contributed by atoms with Gasteiger partial charge in [-0.25, -0.2) is 4.39 Å². The van der Waals surface area contributed by atoms with E-state index in [9.17, 15) is 9.18 Å². The van der Waals surface area contributed by atoms with Crippen molar-refractivity contribution in [1.82, 2.24) is 14.7 Å². The highest BCUT2D eigenvalue weighted by Gasteiger charge is 2.41. The molecule has 2 aromatic rings. The summed E-state index contributed by atoms with van der Waals surface area (Å²) in [4.78, 5) is 14.9. The van der Waals surface area contributed by atoms with E-state index < -0.39 is 11.4 Å². The molecule has 1 aliphatic rings. The molecule has 0 saturated carbocycles. The van der Waals surface area contributed by atoms with Gasteiger partial charge in [-0.05, 0) is 31.9 Å². The highest BCUT2D eigenvalue weighted by atomic mass is 19.1. The minimum Gasteiger partial charge on any atom is -0.364 e. The van der Waals surface area contributed by atoms with Gasteiger partial charge in [0.1, 0.15) is 5.82 Å². The number of piperidine rings is 1. The number of carbonyl (C=O) groups is 1. The van der Waals surface area contributed by atoms with E-state index in [1.807, 2.05) is 17.8 Å². The molecule has 1 aliphatic heterocycles. The summed E-state index contributed by atoms with van der Waals surface area (Å²) in [6.45, 7) is 2.89. The van der Waals surface area contributed by atoms with Gasteiger partial charge in [-0.3, -0.25) is 9.48 Å². The molecule has 25 heavy (non-hydrogen) atoms. The van der Waals surface area contributed by atoms with Crippen LogP contribution in [0, 0.1) is 5.82 Å². The summed E-state index contributed by atoms with van der Waals surface area (Å²) in [6.07, 6.45) is 3.53. The van der Waals surface area contributed by atoms with Gasteiger partial charge in [-0.15, -0.1) is 0 Å².